The van der Waals surface area contributed by atoms with Crippen LogP contribution in [-0.4, -0.2) is 19.0 Å². The van der Waals surface area contributed by atoms with Crippen molar-refractivity contribution < 1.29 is 9.47 Å². The van der Waals surface area contributed by atoms with Gasteiger partial charge in [0.15, 0.2) is 6.29 Å². The van der Waals surface area contributed by atoms with Crippen LogP contribution >= 0.6 is 0 Å². The molecule has 1 saturated heterocycles. The molecule has 1 heterocycles. The highest BCUT2D eigenvalue weighted by molar-refractivity contribution is 4.54. The van der Waals surface area contributed by atoms with Gasteiger partial charge in [-0.05, 0) is 13.8 Å². The lowest BCUT2D eigenvalue weighted by molar-refractivity contribution is -0.0389. The van der Waals surface area contributed by atoms with Crippen LogP contribution in [0.15, 0.2) is 0 Å². The van der Waals surface area contributed by atoms with Crippen LogP contribution in [0.2, 0.25) is 0 Å². The van der Waals surface area contributed by atoms with Gasteiger partial charge < -0.3 is 9.47 Å². The molecule has 8 heavy (non-hydrogen) atoms. The number of ether oxygens (including phenoxy) is 2. The van der Waals surface area contributed by atoms with Gasteiger partial charge in [-0.1, -0.05) is 7.43 Å². The molecule has 0 bridgehead atoms. The van der Waals surface area contributed by atoms with E-state index in [9.17, 15) is 0 Å². The summed E-state index contributed by atoms with van der Waals surface area (Å²) in [5.41, 5.74) is 0. The fraction of sp³-hybridized carbons (Fsp3) is 1.00. The summed E-state index contributed by atoms with van der Waals surface area (Å²) in [6, 6.07) is 0. The van der Waals surface area contributed by atoms with Crippen molar-refractivity contribution >= 4 is 0 Å². The zero-order chi connectivity index (χ0) is 5.28. The Labute approximate surface area is 50.8 Å². The summed E-state index contributed by atoms with van der Waals surface area (Å²) >= 11 is 0. The Kier molecular flexibility index (Phi) is 3.02. The normalized spacial score (nSPS) is 36.8. The summed E-state index contributed by atoms with van der Waals surface area (Å²) in [5.74, 6) is 0. The van der Waals surface area contributed by atoms with Crippen LogP contribution in [0.1, 0.15) is 21.3 Å². The van der Waals surface area contributed by atoms with E-state index >= 15 is 0 Å². The Bertz CT molecular complexity index is 55.5. The average Bonchev–Trinajstić information content (AvgIpc) is 1.87. The van der Waals surface area contributed by atoms with E-state index in [2.05, 4.69) is 0 Å². The minimum absolute atomic E-state index is 0. The van der Waals surface area contributed by atoms with E-state index in [-0.39, 0.29) is 13.7 Å². The van der Waals surface area contributed by atoms with Crippen LogP contribution < -0.4 is 0 Å². The SMILES string of the molecule is C.CC1COC(C)O1. The van der Waals surface area contributed by atoms with Crippen molar-refractivity contribution in [1.29, 1.82) is 0 Å². The van der Waals surface area contributed by atoms with Crippen molar-refractivity contribution in [1.82, 2.24) is 0 Å². The molecule has 2 heteroatoms. The Balaban J connectivity index is 0.000000490. The minimum atomic E-state index is 0. The predicted octanol–water partition coefficient (Wildman–Crippen LogP) is 1.40. The molecular formula is C6H14O2. The van der Waals surface area contributed by atoms with E-state index in [1.54, 1.807) is 0 Å². The van der Waals surface area contributed by atoms with E-state index in [1.807, 2.05) is 13.8 Å². The molecule has 1 fully saturated rings. The largest absolute Gasteiger partial charge is 0.350 e. The summed E-state index contributed by atoms with van der Waals surface area (Å²) in [5, 5.41) is 0. The van der Waals surface area contributed by atoms with Crippen LogP contribution in [-0.2, 0) is 9.47 Å². The van der Waals surface area contributed by atoms with Gasteiger partial charge in [0.25, 0.3) is 0 Å². The minimum Gasteiger partial charge on any atom is -0.350 e. The molecule has 1 aliphatic rings. The number of rotatable bonds is 0. The Hall–Kier alpha value is -0.0800. The maximum absolute atomic E-state index is 5.14. The molecule has 0 N–H and O–H groups in total. The Morgan fingerprint density at radius 2 is 2.00 bits per heavy atom. The lowest BCUT2D eigenvalue weighted by Gasteiger charge is -1.98. The molecule has 0 aromatic heterocycles. The fourth-order valence-electron chi connectivity index (χ4n) is 0.677. The first-order chi connectivity index (χ1) is 3.29. The van der Waals surface area contributed by atoms with Gasteiger partial charge in [-0.15, -0.1) is 0 Å². The lowest BCUT2D eigenvalue weighted by Crippen LogP contribution is -2.03. The molecule has 1 aliphatic heterocycles. The van der Waals surface area contributed by atoms with Crippen LogP contribution in [0.5, 0.6) is 0 Å². The quantitative estimate of drug-likeness (QED) is 0.478. The highest BCUT2D eigenvalue weighted by atomic mass is 16.7. The van der Waals surface area contributed by atoms with Crippen molar-refractivity contribution in [3.8, 4) is 0 Å². The topological polar surface area (TPSA) is 18.5 Å². The van der Waals surface area contributed by atoms with E-state index in [4.69, 9.17) is 9.47 Å². The average molecular weight is 118 g/mol. The van der Waals surface area contributed by atoms with Gasteiger partial charge in [-0.2, -0.15) is 0 Å². The second-order valence-corrected chi connectivity index (χ2v) is 1.85. The smallest absolute Gasteiger partial charge is 0.155 e. The molecule has 0 aromatic carbocycles. The van der Waals surface area contributed by atoms with Crippen LogP contribution in [0.3, 0.4) is 0 Å². The zero-order valence-electron chi connectivity index (χ0n) is 4.68. The molecule has 0 spiro atoms. The lowest BCUT2D eigenvalue weighted by atomic mass is 10.5. The number of hydrogen-bond acceptors (Lipinski definition) is 2. The summed E-state index contributed by atoms with van der Waals surface area (Å²) in [6.07, 6.45) is 0.324. The van der Waals surface area contributed by atoms with Gasteiger partial charge in [-0.3, -0.25) is 0 Å². The van der Waals surface area contributed by atoms with E-state index < -0.39 is 0 Å². The molecule has 2 unspecified atom stereocenters. The maximum Gasteiger partial charge on any atom is 0.155 e. The van der Waals surface area contributed by atoms with Crippen LogP contribution in [0.25, 0.3) is 0 Å². The second kappa shape index (κ2) is 3.05. The molecule has 0 aliphatic carbocycles. The zero-order valence-corrected chi connectivity index (χ0v) is 4.68. The fourth-order valence-corrected chi connectivity index (χ4v) is 0.677. The standard InChI is InChI=1S/C5H10O2.CH4/c1-4-3-6-5(2)7-4;/h4-5H,3H2,1-2H3;1H4. The third-order valence-corrected chi connectivity index (χ3v) is 0.990. The summed E-state index contributed by atoms with van der Waals surface area (Å²) in [4.78, 5) is 0. The van der Waals surface area contributed by atoms with Crippen molar-refractivity contribution in [2.45, 2.75) is 33.7 Å². The van der Waals surface area contributed by atoms with Gasteiger partial charge in [0.1, 0.15) is 0 Å². The summed E-state index contributed by atoms with van der Waals surface area (Å²) < 4.78 is 10.2. The Morgan fingerprint density at radius 1 is 1.38 bits per heavy atom. The highest BCUT2D eigenvalue weighted by Gasteiger charge is 2.16. The van der Waals surface area contributed by atoms with Gasteiger partial charge in [0.05, 0.1) is 12.7 Å². The summed E-state index contributed by atoms with van der Waals surface area (Å²) in [6.45, 7) is 4.66. The first-order valence-electron chi connectivity index (χ1n) is 2.56. The summed E-state index contributed by atoms with van der Waals surface area (Å²) in [7, 11) is 0. The molecule has 0 amide bonds. The highest BCUT2D eigenvalue weighted by Crippen LogP contribution is 2.08. The van der Waals surface area contributed by atoms with Crippen LogP contribution in [0, 0.1) is 0 Å². The molecule has 0 radical (unpaired) electrons. The van der Waals surface area contributed by atoms with Crippen LogP contribution in [0.4, 0.5) is 0 Å². The predicted molar refractivity (Wildman–Crippen MR) is 32.7 cm³/mol. The first kappa shape index (κ1) is 7.92. The molecule has 0 saturated carbocycles. The van der Waals surface area contributed by atoms with Gasteiger partial charge in [0, 0.05) is 0 Å². The first-order valence-corrected chi connectivity index (χ1v) is 2.56. The molecule has 50 valence electrons. The van der Waals surface area contributed by atoms with Gasteiger partial charge in [-0.25, -0.2) is 0 Å². The molecule has 2 atom stereocenters. The van der Waals surface area contributed by atoms with Crippen molar-refractivity contribution in [2.75, 3.05) is 6.61 Å². The van der Waals surface area contributed by atoms with E-state index in [1.165, 1.54) is 0 Å². The molecule has 0 aromatic rings. The number of hydrogen-bond donors (Lipinski definition) is 0. The van der Waals surface area contributed by atoms with Crippen molar-refractivity contribution in [3.05, 3.63) is 0 Å². The molecule has 2 nitrogen and oxygen atoms in total. The molecular weight excluding hydrogens is 104 g/mol. The molecule has 1 rings (SSSR count). The van der Waals surface area contributed by atoms with E-state index in [0.717, 1.165) is 6.61 Å². The second-order valence-electron chi connectivity index (χ2n) is 1.85. The monoisotopic (exact) mass is 118 g/mol. The van der Waals surface area contributed by atoms with Crippen molar-refractivity contribution in [3.63, 3.8) is 0 Å². The third-order valence-electron chi connectivity index (χ3n) is 0.990. The maximum atomic E-state index is 5.14. The van der Waals surface area contributed by atoms with E-state index in [0.29, 0.717) is 6.10 Å². The van der Waals surface area contributed by atoms with Crippen molar-refractivity contribution in [2.24, 2.45) is 0 Å². The van der Waals surface area contributed by atoms with Gasteiger partial charge >= 0.3 is 0 Å². The Morgan fingerprint density at radius 3 is 2.12 bits per heavy atom. The van der Waals surface area contributed by atoms with Gasteiger partial charge in [0.2, 0.25) is 0 Å². The third kappa shape index (κ3) is 1.80.